The summed E-state index contributed by atoms with van der Waals surface area (Å²) in [6.07, 6.45) is 6.08. The number of nitrogens with zero attached hydrogens (tertiary/aromatic N) is 1. The molecule has 1 spiro atoms. The van der Waals surface area contributed by atoms with Gasteiger partial charge in [0.25, 0.3) is 0 Å². The first-order valence-corrected chi connectivity index (χ1v) is 8.53. The minimum absolute atomic E-state index is 0.181. The molecule has 3 saturated heterocycles. The number of aliphatic hydroxyl groups is 1. The molecule has 3 heterocycles. The third kappa shape index (κ3) is 1.92. The highest BCUT2D eigenvalue weighted by molar-refractivity contribution is 7.99. The topological polar surface area (TPSA) is 32.7 Å². The van der Waals surface area contributed by atoms with Gasteiger partial charge in [0.15, 0.2) is 0 Å². The maximum Gasteiger partial charge on any atom is 0.0928 e. The summed E-state index contributed by atoms with van der Waals surface area (Å²) in [5.41, 5.74) is -0.142. The van der Waals surface area contributed by atoms with Gasteiger partial charge < -0.3 is 9.84 Å². The highest BCUT2D eigenvalue weighted by Gasteiger charge is 2.54. The first-order chi connectivity index (χ1) is 8.69. The molecule has 3 aliphatic heterocycles. The molecule has 1 saturated carbocycles. The molecule has 2 atom stereocenters. The number of ether oxygens (including phenoxy) is 1. The molecule has 4 rings (SSSR count). The SMILES string of the molecule is OC1(C2CC2)CN(C2CCOC3(CCSC3)C2)C1. The summed E-state index contributed by atoms with van der Waals surface area (Å²) >= 11 is 2.04. The van der Waals surface area contributed by atoms with Gasteiger partial charge in [0.05, 0.1) is 11.2 Å². The van der Waals surface area contributed by atoms with E-state index in [9.17, 15) is 5.11 Å². The van der Waals surface area contributed by atoms with Crippen LogP contribution in [0.4, 0.5) is 0 Å². The van der Waals surface area contributed by atoms with Crippen molar-refractivity contribution < 1.29 is 9.84 Å². The lowest BCUT2D eigenvalue weighted by Crippen LogP contribution is -2.67. The van der Waals surface area contributed by atoms with E-state index in [-0.39, 0.29) is 11.2 Å². The lowest BCUT2D eigenvalue weighted by Gasteiger charge is -2.53. The van der Waals surface area contributed by atoms with Gasteiger partial charge in [-0.3, -0.25) is 4.90 Å². The fourth-order valence-electron chi connectivity index (χ4n) is 3.97. The van der Waals surface area contributed by atoms with Crippen molar-refractivity contribution in [1.82, 2.24) is 4.90 Å². The average molecular weight is 269 g/mol. The molecule has 0 aromatic rings. The Morgan fingerprint density at radius 3 is 2.72 bits per heavy atom. The molecule has 4 aliphatic rings. The first kappa shape index (κ1) is 12.0. The Hall–Kier alpha value is 0.230. The van der Waals surface area contributed by atoms with Crippen molar-refractivity contribution in [2.24, 2.45) is 5.92 Å². The van der Waals surface area contributed by atoms with Crippen molar-refractivity contribution in [1.29, 1.82) is 0 Å². The summed E-state index contributed by atoms with van der Waals surface area (Å²) < 4.78 is 6.08. The quantitative estimate of drug-likeness (QED) is 0.823. The fraction of sp³-hybridized carbons (Fsp3) is 1.00. The summed E-state index contributed by atoms with van der Waals surface area (Å²) in [4.78, 5) is 2.52. The molecular weight excluding hydrogens is 246 g/mol. The Morgan fingerprint density at radius 2 is 2.06 bits per heavy atom. The van der Waals surface area contributed by atoms with Crippen molar-refractivity contribution in [2.75, 3.05) is 31.2 Å². The van der Waals surface area contributed by atoms with Gasteiger partial charge in [0.1, 0.15) is 0 Å². The van der Waals surface area contributed by atoms with Crippen LogP contribution >= 0.6 is 11.8 Å². The minimum atomic E-state index is -0.324. The Bertz CT molecular complexity index is 333. The van der Waals surface area contributed by atoms with Crippen LogP contribution in [-0.4, -0.2) is 58.5 Å². The van der Waals surface area contributed by atoms with E-state index in [4.69, 9.17) is 4.74 Å². The molecule has 3 nitrogen and oxygen atoms in total. The number of hydrogen-bond acceptors (Lipinski definition) is 4. The van der Waals surface area contributed by atoms with Crippen LogP contribution in [0.1, 0.15) is 32.1 Å². The molecular formula is C14H23NO2S. The summed E-state index contributed by atoms with van der Waals surface area (Å²) in [5.74, 6) is 3.06. The van der Waals surface area contributed by atoms with Crippen LogP contribution in [0.2, 0.25) is 0 Å². The molecule has 102 valence electrons. The molecule has 0 amide bonds. The molecule has 18 heavy (non-hydrogen) atoms. The van der Waals surface area contributed by atoms with E-state index in [1.54, 1.807) is 0 Å². The summed E-state index contributed by atoms with van der Waals surface area (Å²) in [6, 6.07) is 0.663. The highest BCUT2D eigenvalue weighted by Crippen LogP contribution is 2.47. The molecule has 4 fully saturated rings. The van der Waals surface area contributed by atoms with E-state index < -0.39 is 0 Å². The lowest BCUT2D eigenvalue weighted by atomic mass is 9.82. The van der Waals surface area contributed by atoms with Crippen molar-refractivity contribution >= 4 is 11.8 Å². The minimum Gasteiger partial charge on any atom is -0.387 e. The van der Waals surface area contributed by atoms with Gasteiger partial charge in [0.2, 0.25) is 0 Å². The van der Waals surface area contributed by atoms with Gasteiger partial charge in [-0.05, 0) is 43.8 Å². The highest BCUT2D eigenvalue weighted by atomic mass is 32.2. The van der Waals surface area contributed by atoms with Gasteiger partial charge in [-0.1, -0.05) is 0 Å². The predicted molar refractivity (Wildman–Crippen MR) is 72.9 cm³/mol. The van der Waals surface area contributed by atoms with Gasteiger partial charge in [-0.25, -0.2) is 0 Å². The Morgan fingerprint density at radius 1 is 1.22 bits per heavy atom. The summed E-state index contributed by atoms with van der Waals surface area (Å²) in [6.45, 7) is 2.76. The van der Waals surface area contributed by atoms with Crippen molar-refractivity contribution in [2.45, 2.75) is 49.3 Å². The van der Waals surface area contributed by atoms with Crippen LogP contribution in [0.5, 0.6) is 0 Å². The maximum absolute atomic E-state index is 10.4. The summed E-state index contributed by atoms with van der Waals surface area (Å²) in [5, 5.41) is 10.4. The lowest BCUT2D eigenvalue weighted by molar-refractivity contribution is -0.162. The Balaban J connectivity index is 1.38. The molecule has 2 unspecified atom stereocenters. The smallest absolute Gasteiger partial charge is 0.0928 e. The van der Waals surface area contributed by atoms with Crippen molar-refractivity contribution in [3.8, 4) is 0 Å². The fourth-order valence-corrected chi connectivity index (χ4v) is 5.35. The van der Waals surface area contributed by atoms with E-state index >= 15 is 0 Å². The van der Waals surface area contributed by atoms with Gasteiger partial charge in [0, 0.05) is 31.5 Å². The number of β-amino-alcohol motifs (C(OH)–C–C–N with tert-alkyl or cyclic N) is 1. The monoisotopic (exact) mass is 269 g/mol. The van der Waals surface area contributed by atoms with Crippen LogP contribution in [0.15, 0.2) is 0 Å². The van der Waals surface area contributed by atoms with Gasteiger partial charge in [-0.15, -0.1) is 0 Å². The van der Waals surface area contributed by atoms with Crippen LogP contribution in [0.25, 0.3) is 0 Å². The molecule has 0 radical (unpaired) electrons. The van der Waals surface area contributed by atoms with E-state index in [2.05, 4.69) is 4.90 Å². The Labute approximate surface area is 113 Å². The second-order valence-electron chi connectivity index (χ2n) is 6.76. The number of hydrogen-bond donors (Lipinski definition) is 1. The molecule has 1 N–H and O–H groups in total. The predicted octanol–water partition coefficient (Wildman–Crippen LogP) is 1.50. The number of thioether (sulfide) groups is 1. The molecule has 0 aromatic carbocycles. The molecule has 0 aromatic heterocycles. The van der Waals surface area contributed by atoms with E-state index in [0.717, 1.165) is 26.1 Å². The van der Waals surface area contributed by atoms with E-state index in [1.165, 1.54) is 37.2 Å². The van der Waals surface area contributed by atoms with Crippen LogP contribution in [0, 0.1) is 5.92 Å². The standard InChI is InChI=1S/C14H23NO2S/c16-14(11-1-2-11)8-15(9-14)12-3-5-17-13(7-12)4-6-18-10-13/h11-12,16H,1-10H2. The average Bonchev–Trinajstić information content (AvgIpc) is 3.10. The van der Waals surface area contributed by atoms with Gasteiger partial charge >= 0.3 is 0 Å². The molecule has 0 bridgehead atoms. The molecule has 1 aliphatic carbocycles. The second kappa shape index (κ2) is 4.11. The summed E-state index contributed by atoms with van der Waals surface area (Å²) in [7, 11) is 0. The van der Waals surface area contributed by atoms with Crippen LogP contribution in [0.3, 0.4) is 0 Å². The number of rotatable bonds is 2. The van der Waals surface area contributed by atoms with Crippen molar-refractivity contribution in [3.63, 3.8) is 0 Å². The van der Waals surface area contributed by atoms with E-state index in [1.807, 2.05) is 11.8 Å². The van der Waals surface area contributed by atoms with Crippen LogP contribution in [-0.2, 0) is 4.74 Å². The zero-order valence-electron chi connectivity index (χ0n) is 10.9. The second-order valence-corrected chi connectivity index (χ2v) is 7.87. The largest absolute Gasteiger partial charge is 0.387 e. The zero-order valence-corrected chi connectivity index (χ0v) is 11.8. The van der Waals surface area contributed by atoms with E-state index in [0.29, 0.717) is 12.0 Å². The number of likely N-dealkylation sites (tertiary alicyclic amines) is 1. The van der Waals surface area contributed by atoms with Gasteiger partial charge in [-0.2, -0.15) is 11.8 Å². The van der Waals surface area contributed by atoms with Crippen molar-refractivity contribution in [3.05, 3.63) is 0 Å². The first-order valence-electron chi connectivity index (χ1n) is 7.37. The third-order valence-corrected chi connectivity index (χ3v) is 6.56. The third-order valence-electron chi connectivity index (χ3n) is 5.34. The normalized spacial score (nSPS) is 44.2. The zero-order chi connectivity index (χ0) is 12.2. The Kier molecular flexibility index (Phi) is 2.74. The maximum atomic E-state index is 10.4. The van der Waals surface area contributed by atoms with Crippen LogP contribution < -0.4 is 0 Å². The molecule has 4 heteroatoms.